The van der Waals surface area contributed by atoms with E-state index < -0.39 is 0 Å². The fraction of sp³-hybridized carbons (Fsp3) is 0.417. The third kappa shape index (κ3) is 6.01. The van der Waals surface area contributed by atoms with Crippen LogP contribution in [-0.4, -0.2) is 44.3 Å². The van der Waals surface area contributed by atoms with Gasteiger partial charge in [-0.1, -0.05) is 15.9 Å². The number of urea groups is 1. The van der Waals surface area contributed by atoms with Gasteiger partial charge in [0.15, 0.2) is 0 Å². The Balaban J connectivity index is 1.48. The number of hydrogen-bond donors (Lipinski definition) is 3. The summed E-state index contributed by atoms with van der Waals surface area (Å²) in [7, 11) is 0. The zero-order chi connectivity index (χ0) is 22.3. The molecule has 2 saturated heterocycles. The van der Waals surface area contributed by atoms with E-state index in [1.807, 2.05) is 36.4 Å². The number of piperidine rings is 1. The molecular weight excluding hydrogens is 472 g/mol. The zero-order valence-corrected chi connectivity index (χ0v) is 19.6. The number of benzene rings is 2. The maximum Gasteiger partial charge on any atom is 0.323 e. The van der Waals surface area contributed by atoms with Gasteiger partial charge in [0.1, 0.15) is 0 Å². The number of anilines is 3. The topological polar surface area (TPSA) is 82.7 Å². The molecule has 1 atom stereocenters. The lowest BCUT2D eigenvalue weighted by atomic mass is 10.1. The van der Waals surface area contributed by atoms with Gasteiger partial charge in [-0.3, -0.25) is 4.79 Å². The number of halogens is 1. The highest BCUT2D eigenvalue weighted by Gasteiger charge is 2.22. The van der Waals surface area contributed by atoms with Crippen LogP contribution in [0.2, 0.25) is 0 Å². The third-order valence-corrected chi connectivity index (χ3v) is 6.34. The molecule has 2 aliphatic rings. The number of rotatable bonds is 6. The minimum Gasteiger partial charge on any atom is -0.376 e. The summed E-state index contributed by atoms with van der Waals surface area (Å²) in [6.45, 7) is 3.12. The summed E-state index contributed by atoms with van der Waals surface area (Å²) in [6, 6.07) is 12.5. The Morgan fingerprint density at radius 2 is 1.69 bits per heavy atom. The molecule has 0 aliphatic carbocycles. The van der Waals surface area contributed by atoms with Crippen LogP contribution in [0.3, 0.4) is 0 Å². The molecule has 4 rings (SSSR count). The SMILES string of the molecule is O=C(Nc1ccc(Br)cc1)Nc1ccc(N2CCCCC2)c(C(=O)NCC2CCCO2)c1. The van der Waals surface area contributed by atoms with Gasteiger partial charge in [-0.05, 0) is 74.6 Å². The van der Waals surface area contributed by atoms with Crippen LogP contribution in [0.5, 0.6) is 0 Å². The number of carbonyl (C=O) groups excluding carboxylic acids is 2. The maximum absolute atomic E-state index is 13.1. The van der Waals surface area contributed by atoms with Gasteiger partial charge < -0.3 is 25.6 Å². The van der Waals surface area contributed by atoms with Crippen molar-refractivity contribution in [1.82, 2.24) is 5.32 Å². The van der Waals surface area contributed by atoms with Gasteiger partial charge in [-0.15, -0.1) is 0 Å². The smallest absolute Gasteiger partial charge is 0.323 e. The molecule has 0 bridgehead atoms. The first-order valence-corrected chi connectivity index (χ1v) is 12.0. The molecule has 3 N–H and O–H groups in total. The molecule has 3 amide bonds. The zero-order valence-electron chi connectivity index (χ0n) is 18.0. The summed E-state index contributed by atoms with van der Waals surface area (Å²) in [5.41, 5.74) is 2.74. The van der Waals surface area contributed by atoms with E-state index in [-0.39, 0.29) is 18.0 Å². The molecule has 0 aromatic heterocycles. The van der Waals surface area contributed by atoms with E-state index in [2.05, 4.69) is 36.8 Å². The molecule has 32 heavy (non-hydrogen) atoms. The predicted molar refractivity (Wildman–Crippen MR) is 131 cm³/mol. The average Bonchev–Trinajstić information content (AvgIpc) is 3.33. The highest BCUT2D eigenvalue weighted by molar-refractivity contribution is 9.10. The Morgan fingerprint density at radius 1 is 0.969 bits per heavy atom. The second-order valence-corrected chi connectivity index (χ2v) is 9.13. The molecule has 170 valence electrons. The Kier molecular flexibility index (Phi) is 7.65. The van der Waals surface area contributed by atoms with Crippen molar-refractivity contribution in [3.05, 3.63) is 52.5 Å². The molecule has 0 radical (unpaired) electrons. The fourth-order valence-corrected chi connectivity index (χ4v) is 4.40. The average molecular weight is 501 g/mol. The number of nitrogens with zero attached hydrogens (tertiary/aromatic N) is 1. The maximum atomic E-state index is 13.1. The van der Waals surface area contributed by atoms with Crippen molar-refractivity contribution in [3.8, 4) is 0 Å². The molecule has 2 heterocycles. The van der Waals surface area contributed by atoms with E-state index in [9.17, 15) is 9.59 Å². The van der Waals surface area contributed by atoms with E-state index in [0.29, 0.717) is 23.5 Å². The van der Waals surface area contributed by atoms with Crippen molar-refractivity contribution in [2.24, 2.45) is 0 Å². The highest BCUT2D eigenvalue weighted by atomic mass is 79.9. The van der Waals surface area contributed by atoms with E-state index in [0.717, 1.165) is 55.5 Å². The highest BCUT2D eigenvalue weighted by Crippen LogP contribution is 2.27. The van der Waals surface area contributed by atoms with Gasteiger partial charge in [0.25, 0.3) is 5.91 Å². The van der Waals surface area contributed by atoms with E-state index in [4.69, 9.17) is 4.74 Å². The van der Waals surface area contributed by atoms with Gasteiger partial charge in [-0.25, -0.2) is 4.79 Å². The lowest BCUT2D eigenvalue weighted by Gasteiger charge is -2.30. The predicted octanol–water partition coefficient (Wildman–Crippen LogP) is 4.99. The fourth-order valence-electron chi connectivity index (χ4n) is 4.14. The largest absolute Gasteiger partial charge is 0.376 e. The number of nitrogens with one attached hydrogen (secondary N) is 3. The minimum atomic E-state index is -0.358. The molecule has 7 nitrogen and oxygen atoms in total. The Bertz CT molecular complexity index is 939. The Morgan fingerprint density at radius 3 is 2.41 bits per heavy atom. The van der Waals surface area contributed by atoms with Crippen LogP contribution in [0.25, 0.3) is 0 Å². The summed E-state index contributed by atoms with van der Waals surface area (Å²) in [6.07, 6.45) is 5.53. The Hall–Kier alpha value is -2.58. The summed E-state index contributed by atoms with van der Waals surface area (Å²) < 4.78 is 6.57. The second kappa shape index (κ2) is 10.8. The first kappa shape index (κ1) is 22.6. The van der Waals surface area contributed by atoms with Crippen molar-refractivity contribution >= 4 is 44.9 Å². The van der Waals surface area contributed by atoms with Crippen molar-refractivity contribution in [1.29, 1.82) is 0 Å². The van der Waals surface area contributed by atoms with Crippen LogP contribution in [-0.2, 0) is 4.74 Å². The van der Waals surface area contributed by atoms with Gasteiger partial charge in [0.05, 0.1) is 11.7 Å². The number of ether oxygens (including phenoxy) is 1. The lowest BCUT2D eigenvalue weighted by Crippen LogP contribution is -2.35. The number of amides is 3. The monoisotopic (exact) mass is 500 g/mol. The Labute approximate surface area is 197 Å². The van der Waals surface area contributed by atoms with Crippen molar-refractivity contribution in [2.45, 2.75) is 38.2 Å². The molecule has 0 saturated carbocycles. The van der Waals surface area contributed by atoms with Crippen LogP contribution in [0.4, 0.5) is 21.9 Å². The van der Waals surface area contributed by atoms with E-state index in [1.54, 1.807) is 6.07 Å². The lowest BCUT2D eigenvalue weighted by molar-refractivity contribution is 0.0858. The summed E-state index contributed by atoms with van der Waals surface area (Å²) >= 11 is 3.38. The molecule has 8 heteroatoms. The van der Waals surface area contributed by atoms with Crippen LogP contribution in [0.1, 0.15) is 42.5 Å². The van der Waals surface area contributed by atoms with Gasteiger partial charge in [0, 0.05) is 47.8 Å². The first-order chi connectivity index (χ1) is 15.6. The molecule has 1 unspecified atom stereocenters. The molecule has 2 aromatic carbocycles. The standard InChI is InChI=1S/C24H29BrN4O3/c25-17-6-8-18(9-7-17)27-24(31)28-19-10-11-22(29-12-2-1-3-13-29)21(15-19)23(30)26-16-20-5-4-14-32-20/h6-11,15,20H,1-5,12-14,16H2,(H,26,30)(H2,27,28,31). The van der Waals surface area contributed by atoms with Crippen LogP contribution in [0.15, 0.2) is 46.9 Å². The first-order valence-electron chi connectivity index (χ1n) is 11.2. The minimum absolute atomic E-state index is 0.0791. The molecule has 0 spiro atoms. The summed E-state index contributed by atoms with van der Waals surface area (Å²) in [5.74, 6) is -0.141. The van der Waals surface area contributed by atoms with Crippen LogP contribution < -0.4 is 20.9 Å². The molecule has 2 aromatic rings. The van der Waals surface area contributed by atoms with Gasteiger partial charge in [0.2, 0.25) is 0 Å². The van der Waals surface area contributed by atoms with Crippen LogP contribution >= 0.6 is 15.9 Å². The van der Waals surface area contributed by atoms with Crippen molar-refractivity contribution < 1.29 is 14.3 Å². The van der Waals surface area contributed by atoms with Crippen molar-refractivity contribution in [2.75, 3.05) is 41.8 Å². The molecular formula is C24H29BrN4O3. The second-order valence-electron chi connectivity index (χ2n) is 8.21. The number of hydrogen-bond acceptors (Lipinski definition) is 4. The number of carbonyl (C=O) groups is 2. The summed E-state index contributed by atoms with van der Waals surface area (Å²) in [5, 5.41) is 8.67. The van der Waals surface area contributed by atoms with E-state index in [1.165, 1.54) is 6.42 Å². The quantitative estimate of drug-likeness (QED) is 0.521. The summed E-state index contributed by atoms with van der Waals surface area (Å²) in [4.78, 5) is 27.8. The van der Waals surface area contributed by atoms with Crippen LogP contribution in [0, 0.1) is 0 Å². The molecule has 2 aliphatic heterocycles. The normalized spacial score (nSPS) is 18.3. The van der Waals surface area contributed by atoms with Gasteiger partial charge in [-0.2, -0.15) is 0 Å². The van der Waals surface area contributed by atoms with Crippen molar-refractivity contribution in [3.63, 3.8) is 0 Å². The van der Waals surface area contributed by atoms with Gasteiger partial charge >= 0.3 is 6.03 Å². The molecule has 2 fully saturated rings. The third-order valence-electron chi connectivity index (χ3n) is 5.81. The van der Waals surface area contributed by atoms with E-state index >= 15 is 0 Å².